The lowest BCUT2D eigenvalue weighted by molar-refractivity contribution is 0.587. The zero-order valence-corrected chi connectivity index (χ0v) is 5.13. The Morgan fingerprint density at radius 2 is 2.50 bits per heavy atom. The average molecular weight is 111 g/mol. The van der Waals surface area contributed by atoms with Crippen molar-refractivity contribution in [2.75, 3.05) is 20.6 Å². The second kappa shape index (κ2) is 4.13. The lowest BCUT2D eigenvalue weighted by Gasteiger charge is -2.03. The van der Waals surface area contributed by atoms with E-state index in [0.717, 1.165) is 0 Å². The zero-order chi connectivity index (χ0) is 6.41. The number of nitrogens with zero attached hydrogens (tertiary/aromatic N) is 3. The van der Waals surface area contributed by atoms with Crippen molar-refractivity contribution in [2.24, 2.45) is 4.99 Å². The van der Waals surface area contributed by atoms with Crippen molar-refractivity contribution in [2.45, 2.75) is 0 Å². The summed E-state index contributed by atoms with van der Waals surface area (Å²) in [6.07, 6.45) is 1.61. The van der Waals surface area contributed by atoms with Crippen LogP contribution in [0.15, 0.2) is 4.99 Å². The molecule has 0 atom stereocenters. The van der Waals surface area contributed by atoms with Gasteiger partial charge in [0.25, 0.3) is 0 Å². The van der Waals surface area contributed by atoms with Crippen molar-refractivity contribution in [1.29, 1.82) is 5.26 Å². The maximum atomic E-state index is 8.11. The van der Waals surface area contributed by atoms with Gasteiger partial charge in [0.2, 0.25) is 0 Å². The van der Waals surface area contributed by atoms with Crippen molar-refractivity contribution in [1.82, 2.24) is 4.90 Å². The Labute approximate surface area is 49.2 Å². The maximum Gasteiger partial charge on any atom is 0.106 e. The van der Waals surface area contributed by atoms with Crippen molar-refractivity contribution < 1.29 is 0 Å². The van der Waals surface area contributed by atoms with Crippen LogP contribution in [0.5, 0.6) is 0 Å². The van der Waals surface area contributed by atoms with E-state index < -0.39 is 0 Å². The number of rotatable bonds is 2. The zero-order valence-electron chi connectivity index (χ0n) is 5.13. The second-order valence-electron chi connectivity index (χ2n) is 1.45. The predicted molar refractivity (Wildman–Crippen MR) is 32.7 cm³/mol. The van der Waals surface area contributed by atoms with E-state index in [-0.39, 0.29) is 0 Å². The number of hydrogen-bond acceptors (Lipinski definition) is 2. The van der Waals surface area contributed by atoms with Gasteiger partial charge < -0.3 is 4.90 Å². The Kier molecular flexibility index (Phi) is 3.59. The first kappa shape index (κ1) is 6.96. The van der Waals surface area contributed by atoms with Gasteiger partial charge in [-0.3, -0.25) is 4.99 Å². The van der Waals surface area contributed by atoms with Gasteiger partial charge in [0.15, 0.2) is 0 Å². The van der Waals surface area contributed by atoms with Gasteiger partial charge in [0, 0.05) is 14.1 Å². The van der Waals surface area contributed by atoms with Crippen LogP contribution >= 0.6 is 0 Å². The molecular weight excluding hydrogens is 102 g/mol. The highest BCUT2D eigenvalue weighted by atomic mass is 15.1. The Hall–Kier alpha value is -1.04. The molecule has 0 N–H and O–H groups in total. The molecule has 0 rings (SSSR count). The summed E-state index contributed by atoms with van der Waals surface area (Å²) in [7, 11) is 3.48. The maximum absolute atomic E-state index is 8.11. The SMILES string of the molecule is CN=CN(C)CC#N. The van der Waals surface area contributed by atoms with Gasteiger partial charge in [0.1, 0.15) is 6.54 Å². The fourth-order valence-corrected chi connectivity index (χ4v) is 0.349. The highest BCUT2D eigenvalue weighted by Gasteiger charge is 1.83. The lowest BCUT2D eigenvalue weighted by atomic mass is 10.7. The molecule has 0 aliphatic heterocycles. The molecule has 44 valence electrons. The Balaban J connectivity index is 3.36. The third-order valence-electron chi connectivity index (χ3n) is 0.633. The van der Waals surface area contributed by atoms with Crippen molar-refractivity contribution >= 4 is 6.34 Å². The van der Waals surface area contributed by atoms with Crippen molar-refractivity contribution in [3.63, 3.8) is 0 Å². The molecule has 0 unspecified atom stereocenters. The van der Waals surface area contributed by atoms with Gasteiger partial charge in [-0.25, -0.2) is 0 Å². The normalized spacial score (nSPS) is 9.12. The van der Waals surface area contributed by atoms with Gasteiger partial charge in [-0.2, -0.15) is 5.26 Å². The highest BCUT2D eigenvalue weighted by molar-refractivity contribution is 5.54. The summed E-state index contributed by atoms with van der Waals surface area (Å²) in [6, 6.07) is 1.99. The minimum absolute atomic E-state index is 0.400. The van der Waals surface area contributed by atoms with Crippen LogP contribution < -0.4 is 0 Å². The van der Waals surface area contributed by atoms with Gasteiger partial charge in [0.05, 0.1) is 12.4 Å². The first-order valence-electron chi connectivity index (χ1n) is 2.30. The standard InChI is InChI=1S/C5H9N3/c1-7-5-8(2)4-3-6/h5H,4H2,1-2H3. The van der Waals surface area contributed by atoms with E-state index in [2.05, 4.69) is 4.99 Å². The van der Waals surface area contributed by atoms with Gasteiger partial charge in [-0.15, -0.1) is 0 Å². The molecule has 0 aromatic heterocycles. The van der Waals surface area contributed by atoms with Crippen molar-refractivity contribution in [3.8, 4) is 6.07 Å². The van der Waals surface area contributed by atoms with E-state index in [4.69, 9.17) is 5.26 Å². The first-order valence-corrected chi connectivity index (χ1v) is 2.30. The van der Waals surface area contributed by atoms with E-state index in [1.165, 1.54) is 0 Å². The van der Waals surface area contributed by atoms with Gasteiger partial charge in [-0.1, -0.05) is 0 Å². The molecule has 3 nitrogen and oxygen atoms in total. The minimum Gasteiger partial charge on any atom is -0.353 e. The van der Waals surface area contributed by atoms with E-state index in [1.807, 2.05) is 6.07 Å². The van der Waals surface area contributed by atoms with E-state index >= 15 is 0 Å². The van der Waals surface area contributed by atoms with Crippen LogP contribution in [0.1, 0.15) is 0 Å². The van der Waals surface area contributed by atoms with Crippen LogP contribution in [-0.4, -0.2) is 31.9 Å². The smallest absolute Gasteiger partial charge is 0.106 e. The van der Waals surface area contributed by atoms with E-state index in [0.29, 0.717) is 6.54 Å². The molecule has 0 aliphatic carbocycles. The number of aliphatic imine (C=N–C) groups is 1. The number of nitriles is 1. The van der Waals surface area contributed by atoms with Crippen LogP contribution in [0.2, 0.25) is 0 Å². The predicted octanol–water partition coefficient (Wildman–Crippen LogP) is 0.0999. The van der Waals surface area contributed by atoms with Crippen LogP contribution in [0.4, 0.5) is 0 Å². The molecule has 0 spiro atoms. The summed E-state index contributed by atoms with van der Waals surface area (Å²) < 4.78 is 0. The Morgan fingerprint density at radius 1 is 1.88 bits per heavy atom. The first-order chi connectivity index (χ1) is 3.81. The molecule has 8 heavy (non-hydrogen) atoms. The molecule has 0 aliphatic rings. The largest absolute Gasteiger partial charge is 0.353 e. The fraction of sp³-hybridized carbons (Fsp3) is 0.600. The van der Waals surface area contributed by atoms with Crippen LogP contribution in [0.3, 0.4) is 0 Å². The average Bonchev–Trinajstić information content (AvgIpc) is 1.68. The molecule has 0 saturated carbocycles. The van der Waals surface area contributed by atoms with Crippen LogP contribution in [0.25, 0.3) is 0 Å². The number of hydrogen-bond donors (Lipinski definition) is 0. The summed E-state index contributed by atoms with van der Waals surface area (Å²) >= 11 is 0. The molecule has 3 heteroatoms. The minimum atomic E-state index is 0.400. The molecule has 0 saturated heterocycles. The quantitative estimate of drug-likeness (QED) is 0.288. The lowest BCUT2D eigenvalue weighted by Crippen LogP contribution is -2.15. The topological polar surface area (TPSA) is 39.4 Å². The molecular formula is C5H9N3. The van der Waals surface area contributed by atoms with E-state index in [1.54, 1.807) is 25.3 Å². The third-order valence-corrected chi connectivity index (χ3v) is 0.633. The second-order valence-corrected chi connectivity index (χ2v) is 1.45. The summed E-state index contributed by atoms with van der Waals surface area (Å²) in [6.45, 7) is 0.400. The molecule has 0 fully saturated rings. The van der Waals surface area contributed by atoms with Crippen LogP contribution in [-0.2, 0) is 0 Å². The molecule has 0 heterocycles. The van der Waals surface area contributed by atoms with Crippen LogP contribution in [0, 0.1) is 11.3 Å². The molecule has 0 amide bonds. The summed E-state index contributed by atoms with van der Waals surface area (Å²) in [4.78, 5) is 5.41. The summed E-state index contributed by atoms with van der Waals surface area (Å²) in [5.74, 6) is 0. The molecule has 0 radical (unpaired) electrons. The fourth-order valence-electron chi connectivity index (χ4n) is 0.349. The molecule has 0 bridgehead atoms. The molecule has 0 aromatic rings. The summed E-state index contributed by atoms with van der Waals surface area (Å²) in [5, 5.41) is 8.11. The van der Waals surface area contributed by atoms with Gasteiger partial charge >= 0.3 is 0 Å². The van der Waals surface area contributed by atoms with Gasteiger partial charge in [-0.05, 0) is 0 Å². The Bertz CT molecular complexity index is 111. The third kappa shape index (κ3) is 3.16. The highest BCUT2D eigenvalue weighted by Crippen LogP contribution is 1.70. The Morgan fingerprint density at radius 3 is 2.88 bits per heavy atom. The van der Waals surface area contributed by atoms with Crippen molar-refractivity contribution in [3.05, 3.63) is 0 Å². The monoisotopic (exact) mass is 111 g/mol. The summed E-state index contributed by atoms with van der Waals surface area (Å²) in [5.41, 5.74) is 0. The molecule has 0 aromatic carbocycles. The van der Waals surface area contributed by atoms with E-state index in [9.17, 15) is 0 Å².